The highest BCUT2D eigenvalue weighted by Crippen LogP contribution is 2.38. The molecule has 216 valence electrons. The van der Waals surface area contributed by atoms with Crippen LogP contribution in [-0.4, -0.2) is 36.3 Å². The molecule has 0 N–H and O–H groups in total. The van der Waals surface area contributed by atoms with Crippen molar-refractivity contribution in [3.05, 3.63) is 106 Å². The van der Waals surface area contributed by atoms with Gasteiger partial charge in [0, 0.05) is 29.3 Å². The molecule has 2 aromatic carbocycles. The Morgan fingerprint density at radius 1 is 1.19 bits per heavy atom. The van der Waals surface area contributed by atoms with Gasteiger partial charge in [-0.3, -0.25) is 19.5 Å². The predicted octanol–water partition coefficient (Wildman–Crippen LogP) is 4.64. The van der Waals surface area contributed by atoms with Crippen molar-refractivity contribution in [2.24, 2.45) is 4.99 Å². The lowest BCUT2D eigenvalue weighted by molar-refractivity contribution is -0.384. The number of allylic oxidation sites excluding steroid dienone is 1. The fraction of sp³-hybridized carbons (Fsp3) is 0.207. The molecule has 0 fully saturated rings. The van der Waals surface area contributed by atoms with Crippen molar-refractivity contribution in [1.29, 1.82) is 0 Å². The first-order chi connectivity index (χ1) is 20.2. The van der Waals surface area contributed by atoms with Crippen LogP contribution in [0, 0.1) is 10.1 Å². The number of non-ortho nitro benzene ring substituents is 1. The van der Waals surface area contributed by atoms with E-state index in [9.17, 15) is 19.7 Å². The Morgan fingerprint density at radius 2 is 1.98 bits per heavy atom. The first kappa shape index (κ1) is 28.8. The first-order valence-corrected chi connectivity index (χ1v) is 13.8. The molecule has 5 rings (SSSR count). The predicted molar refractivity (Wildman–Crippen MR) is 156 cm³/mol. The molecule has 11 nitrogen and oxygen atoms in total. The molecule has 1 aliphatic rings. The van der Waals surface area contributed by atoms with E-state index in [-0.39, 0.29) is 22.9 Å². The third-order valence-corrected chi connectivity index (χ3v) is 7.87. The number of esters is 1. The van der Waals surface area contributed by atoms with Gasteiger partial charge in [-0.25, -0.2) is 9.79 Å². The summed E-state index contributed by atoms with van der Waals surface area (Å²) in [4.78, 5) is 42.6. The minimum atomic E-state index is -0.904. The molecule has 0 saturated carbocycles. The van der Waals surface area contributed by atoms with E-state index in [1.807, 2.05) is 0 Å². The van der Waals surface area contributed by atoms with Crippen molar-refractivity contribution < 1.29 is 28.3 Å². The molecule has 0 aliphatic carbocycles. The largest absolute Gasteiger partial charge is 0.497 e. The second kappa shape index (κ2) is 11.7. The Morgan fingerprint density at radius 3 is 2.64 bits per heavy atom. The summed E-state index contributed by atoms with van der Waals surface area (Å²) in [5.74, 6) is 1.08. The highest BCUT2D eigenvalue weighted by atomic mass is 35.5. The van der Waals surface area contributed by atoms with Crippen molar-refractivity contribution in [2.45, 2.75) is 19.9 Å². The maximum atomic E-state index is 13.9. The van der Waals surface area contributed by atoms with E-state index in [0.717, 1.165) is 11.3 Å². The molecule has 42 heavy (non-hydrogen) atoms. The summed E-state index contributed by atoms with van der Waals surface area (Å²) in [6.45, 7) is 3.53. The number of aromatic nitrogens is 1. The number of carbonyl (C=O) groups excluding carboxylic acids is 1. The quantitative estimate of drug-likeness (QED) is 0.160. The summed E-state index contributed by atoms with van der Waals surface area (Å²) in [5, 5.41) is 11.2. The number of furan rings is 1. The molecule has 0 bridgehead atoms. The Kier molecular flexibility index (Phi) is 8.01. The van der Waals surface area contributed by atoms with Crippen LogP contribution in [0.4, 0.5) is 5.69 Å². The molecule has 13 heteroatoms. The number of thiazole rings is 1. The highest BCUT2D eigenvalue weighted by Gasteiger charge is 2.35. The van der Waals surface area contributed by atoms with E-state index < -0.39 is 22.5 Å². The molecule has 0 spiro atoms. The molecule has 2 aromatic heterocycles. The van der Waals surface area contributed by atoms with Crippen molar-refractivity contribution >= 4 is 40.7 Å². The standard InChI is InChI=1S/C29H24ClN3O8S/c1-5-40-28(35)25-15(2)31-29-32(26(25)20-13-17(38-3)7-10-22(20)39-4)27(34)24(42-29)14-18-8-11-23(41-18)19-9-6-16(33(36)37)12-21(19)30/h6-14,26H,5H2,1-4H3/b24-14+/t26-/m0/s1. The number of nitrogens with zero attached hydrogens (tertiary/aromatic N) is 3. The second-order valence-electron chi connectivity index (χ2n) is 9.03. The zero-order valence-corrected chi connectivity index (χ0v) is 24.4. The van der Waals surface area contributed by atoms with Gasteiger partial charge in [0.15, 0.2) is 4.80 Å². The number of halogens is 1. The fourth-order valence-corrected chi connectivity index (χ4v) is 5.96. The van der Waals surface area contributed by atoms with Gasteiger partial charge in [0.25, 0.3) is 11.2 Å². The number of rotatable bonds is 8. The minimum Gasteiger partial charge on any atom is -0.497 e. The number of nitro benzene ring substituents is 1. The molecule has 4 aromatic rings. The van der Waals surface area contributed by atoms with E-state index >= 15 is 0 Å². The zero-order chi connectivity index (χ0) is 30.1. The van der Waals surface area contributed by atoms with Crippen LogP contribution in [-0.2, 0) is 9.53 Å². The number of benzene rings is 2. The van der Waals surface area contributed by atoms with Gasteiger partial charge in [-0.2, -0.15) is 0 Å². The van der Waals surface area contributed by atoms with Crippen LogP contribution in [0.15, 0.2) is 74.0 Å². The van der Waals surface area contributed by atoms with Gasteiger partial charge < -0.3 is 18.6 Å². The molecule has 1 atom stereocenters. The molecular weight excluding hydrogens is 586 g/mol. The van der Waals surface area contributed by atoms with Crippen molar-refractivity contribution in [1.82, 2.24) is 4.57 Å². The van der Waals surface area contributed by atoms with Crippen LogP contribution in [0.2, 0.25) is 5.02 Å². The molecule has 0 unspecified atom stereocenters. The van der Waals surface area contributed by atoms with Gasteiger partial charge in [-0.15, -0.1) is 0 Å². The topological polar surface area (TPSA) is 135 Å². The van der Waals surface area contributed by atoms with Gasteiger partial charge in [-0.05, 0) is 50.2 Å². The van der Waals surface area contributed by atoms with Crippen LogP contribution in [0.5, 0.6) is 11.5 Å². The van der Waals surface area contributed by atoms with Crippen LogP contribution in [0.3, 0.4) is 0 Å². The monoisotopic (exact) mass is 609 g/mol. The number of nitro groups is 1. The van der Waals surface area contributed by atoms with Crippen LogP contribution in [0.25, 0.3) is 17.4 Å². The maximum Gasteiger partial charge on any atom is 0.338 e. The number of fused-ring (bicyclic) bond motifs is 1. The summed E-state index contributed by atoms with van der Waals surface area (Å²) in [5.41, 5.74) is 1.04. The van der Waals surface area contributed by atoms with Gasteiger partial charge in [-0.1, -0.05) is 22.9 Å². The van der Waals surface area contributed by atoms with Crippen molar-refractivity contribution in [2.75, 3.05) is 20.8 Å². The van der Waals surface area contributed by atoms with E-state index in [2.05, 4.69) is 4.99 Å². The Labute approximate surface area is 247 Å². The summed E-state index contributed by atoms with van der Waals surface area (Å²) < 4.78 is 24.1. The Bertz CT molecular complexity index is 1940. The maximum absolute atomic E-state index is 13.9. The average molecular weight is 610 g/mol. The number of hydrogen-bond donors (Lipinski definition) is 0. The van der Waals surface area contributed by atoms with Gasteiger partial charge in [0.2, 0.25) is 0 Å². The van der Waals surface area contributed by atoms with Gasteiger partial charge in [0.05, 0.1) is 46.6 Å². The van der Waals surface area contributed by atoms with Crippen molar-refractivity contribution in [3.63, 3.8) is 0 Å². The van der Waals surface area contributed by atoms with Crippen LogP contribution in [0.1, 0.15) is 31.2 Å². The number of ether oxygens (including phenoxy) is 3. The molecule has 0 amide bonds. The summed E-state index contributed by atoms with van der Waals surface area (Å²) in [7, 11) is 3.02. The SMILES string of the molecule is CCOC(=O)C1=C(C)N=c2s/c(=C/c3ccc(-c4ccc([N+](=O)[O-])cc4Cl)o3)c(=O)n2[C@H]1c1cc(OC)ccc1OC. The Hall–Kier alpha value is -4.68. The van der Waals surface area contributed by atoms with E-state index in [1.165, 1.54) is 37.0 Å². The lowest BCUT2D eigenvalue weighted by atomic mass is 9.95. The third-order valence-electron chi connectivity index (χ3n) is 6.58. The Balaban J connectivity index is 1.65. The third kappa shape index (κ3) is 5.21. The summed E-state index contributed by atoms with van der Waals surface area (Å²) >= 11 is 7.40. The van der Waals surface area contributed by atoms with E-state index in [1.54, 1.807) is 50.3 Å². The van der Waals surface area contributed by atoms with Crippen molar-refractivity contribution in [3.8, 4) is 22.8 Å². The smallest absolute Gasteiger partial charge is 0.338 e. The number of carbonyl (C=O) groups is 1. The zero-order valence-electron chi connectivity index (χ0n) is 22.9. The molecular formula is C29H24ClN3O8S. The molecule has 0 radical (unpaired) electrons. The van der Waals surface area contributed by atoms with Gasteiger partial charge in [0.1, 0.15) is 29.1 Å². The average Bonchev–Trinajstić information content (AvgIpc) is 3.55. The summed E-state index contributed by atoms with van der Waals surface area (Å²) in [6, 6.07) is 11.6. The van der Waals surface area contributed by atoms with Gasteiger partial charge >= 0.3 is 5.97 Å². The van der Waals surface area contributed by atoms with Crippen LogP contribution >= 0.6 is 22.9 Å². The number of hydrogen-bond acceptors (Lipinski definition) is 10. The lowest BCUT2D eigenvalue weighted by Crippen LogP contribution is -2.40. The highest BCUT2D eigenvalue weighted by molar-refractivity contribution is 7.07. The lowest BCUT2D eigenvalue weighted by Gasteiger charge is -2.26. The van der Waals surface area contributed by atoms with E-state index in [4.69, 9.17) is 30.2 Å². The minimum absolute atomic E-state index is 0.140. The molecule has 3 heterocycles. The van der Waals surface area contributed by atoms with E-state index in [0.29, 0.717) is 49.2 Å². The molecule has 1 aliphatic heterocycles. The number of methoxy groups -OCH3 is 2. The fourth-order valence-electron chi connectivity index (χ4n) is 4.66. The summed E-state index contributed by atoms with van der Waals surface area (Å²) in [6.07, 6.45) is 1.57. The molecule has 0 saturated heterocycles. The normalized spacial score (nSPS) is 14.8. The first-order valence-electron chi connectivity index (χ1n) is 12.6. The second-order valence-corrected chi connectivity index (χ2v) is 10.4. The van der Waals surface area contributed by atoms with Crippen LogP contribution < -0.4 is 24.4 Å².